The zero-order valence-electron chi connectivity index (χ0n) is 13.7. The molecule has 0 heterocycles. The van der Waals surface area contributed by atoms with Crippen LogP contribution < -0.4 is 10.1 Å². The lowest BCUT2D eigenvalue weighted by atomic mass is 10.0. The van der Waals surface area contributed by atoms with Gasteiger partial charge in [-0.3, -0.25) is 0 Å². The van der Waals surface area contributed by atoms with E-state index >= 15 is 0 Å². The van der Waals surface area contributed by atoms with Gasteiger partial charge >= 0.3 is 0 Å². The van der Waals surface area contributed by atoms with Crippen molar-refractivity contribution in [3.8, 4) is 5.75 Å². The van der Waals surface area contributed by atoms with E-state index in [1.165, 1.54) is 36.8 Å². The van der Waals surface area contributed by atoms with E-state index in [-0.39, 0.29) is 0 Å². The maximum atomic E-state index is 6.07. The third-order valence-corrected chi connectivity index (χ3v) is 4.79. The molecule has 1 aromatic carbocycles. The molecule has 0 bridgehead atoms. The van der Waals surface area contributed by atoms with Crippen LogP contribution in [0.3, 0.4) is 0 Å². The molecular formula is C19H29NO. The van der Waals surface area contributed by atoms with Crippen molar-refractivity contribution in [2.24, 2.45) is 11.8 Å². The summed E-state index contributed by atoms with van der Waals surface area (Å²) in [6.45, 7) is 8.34. The van der Waals surface area contributed by atoms with Crippen LogP contribution in [0.15, 0.2) is 18.2 Å². The molecule has 2 saturated carbocycles. The van der Waals surface area contributed by atoms with Gasteiger partial charge in [0.2, 0.25) is 0 Å². The minimum atomic E-state index is 0.513. The molecule has 0 radical (unpaired) electrons. The summed E-state index contributed by atoms with van der Waals surface area (Å²) in [6, 6.07) is 7.33. The molecule has 2 heteroatoms. The highest BCUT2D eigenvalue weighted by molar-refractivity contribution is 5.39. The second kappa shape index (κ2) is 6.39. The van der Waals surface area contributed by atoms with Crippen LogP contribution in [0.4, 0.5) is 0 Å². The zero-order valence-corrected chi connectivity index (χ0v) is 13.7. The number of ether oxygens (including phenoxy) is 1. The summed E-state index contributed by atoms with van der Waals surface area (Å²) in [7, 11) is 0. The van der Waals surface area contributed by atoms with Crippen LogP contribution in [0, 0.1) is 18.8 Å². The third-order valence-electron chi connectivity index (χ3n) is 4.79. The van der Waals surface area contributed by atoms with Gasteiger partial charge in [0.05, 0.1) is 0 Å². The van der Waals surface area contributed by atoms with Crippen LogP contribution in [-0.2, 0) is 0 Å². The predicted molar refractivity (Wildman–Crippen MR) is 88.0 cm³/mol. The summed E-state index contributed by atoms with van der Waals surface area (Å²) < 4.78 is 6.07. The van der Waals surface area contributed by atoms with E-state index in [0.29, 0.717) is 5.92 Å². The van der Waals surface area contributed by atoms with Crippen LogP contribution in [0.5, 0.6) is 5.75 Å². The van der Waals surface area contributed by atoms with Crippen molar-refractivity contribution >= 4 is 0 Å². The summed E-state index contributed by atoms with van der Waals surface area (Å²) >= 11 is 0. The molecule has 116 valence electrons. The van der Waals surface area contributed by atoms with Crippen LogP contribution in [0.1, 0.15) is 56.6 Å². The number of hydrogen-bond donors (Lipinski definition) is 1. The molecule has 0 aromatic heterocycles. The minimum absolute atomic E-state index is 0.513. The molecule has 1 aromatic rings. The normalized spacial score (nSPS) is 18.5. The van der Waals surface area contributed by atoms with Gasteiger partial charge in [-0.15, -0.1) is 0 Å². The zero-order chi connectivity index (χ0) is 14.8. The smallest absolute Gasteiger partial charge is 0.123 e. The molecule has 21 heavy (non-hydrogen) atoms. The van der Waals surface area contributed by atoms with Gasteiger partial charge in [-0.25, -0.2) is 0 Å². The Labute approximate surface area is 129 Å². The van der Waals surface area contributed by atoms with Gasteiger partial charge in [-0.05, 0) is 67.6 Å². The van der Waals surface area contributed by atoms with Crippen LogP contribution in [0.2, 0.25) is 0 Å². The van der Waals surface area contributed by atoms with Crippen LogP contribution in [-0.4, -0.2) is 19.2 Å². The molecule has 0 atom stereocenters. The largest absolute Gasteiger partial charge is 0.492 e. The van der Waals surface area contributed by atoms with Crippen molar-refractivity contribution in [3.05, 3.63) is 29.3 Å². The molecule has 2 aliphatic rings. The molecule has 0 unspecified atom stereocenters. The van der Waals surface area contributed by atoms with Crippen molar-refractivity contribution in [1.82, 2.24) is 5.32 Å². The van der Waals surface area contributed by atoms with Gasteiger partial charge in [-0.2, -0.15) is 0 Å². The van der Waals surface area contributed by atoms with Crippen molar-refractivity contribution in [3.63, 3.8) is 0 Å². The first-order valence-electron chi connectivity index (χ1n) is 8.62. The molecule has 0 amide bonds. The van der Waals surface area contributed by atoms with E-state index in [1.807, 2.05) is 0 Å². The van der Waals surface area contributed by atoms with Gasteiger partial charge < -0.3 is 10.1 Å². The lowest BCUT2D eigenvalue weighted by Crippen LogP contribution is -2.36. The molecule has 2 nitrogen and oxygen atoms in total. The Balaban J connectivity index is 1.49. The fourth-order valence-electron chi connectivity index (χ4n) is 3.26. The molecule has 3 rings (SSSR count). The number of nitrogens with one attached hydrogen (secondary N) is 1. The number of hydrogen-bond acceptors (Lipinski definition) is 2. The van der Waals surface area contributed by atoms with Crippen LogP contribution >= 0.6 is 0 Å². The fourth-order valence-corrected chi connectivity index (χ4v) is 3.26. The molecule has 2 fully saturated rings. The van der Waals surface area contributed by atoms with E-state index in [4.69, 9.17) is 4.74 Å². The Morgan fingerprint density at radius 2 is 1.81 bits per heavy atom. The average molecular weight is 287 g/mol. The summed E-state index contributed by atoms with van der Waals surface area (Å²) in [5, 5.41) is 3.75. The first kappa shape index (κ1) is 14.9. The summed E-state index contributed by atoms with van der Waals surface area (Å²) in [4.78, 5) is 0. The van der Waals surface area contributed by atoms with Gasteiger partial charge in [0, 0.05) is 12.6 Å². The van der Waals surface area contributed by atoms with Gasteiger partial charge in [0.15, 0.2) is 0 Å². The second-order valence-electron chi connectivity index (χ2n) is 7.20. The maximum absolute atomic E-state index is 6.07. The summed E-state index contributed by atoms with van der Waals surface area (Å²) in [5.41, 5.74) is 2.60. The predicted octanol–water partition coefficient (Wildman–Crippen LogP) is 4.28. The highest BCUT2D eigenvalue weighted by Crippen LogP contribution is 2.44. The number of benzene rings is 1. The molecule has 0 aliphatic heterocycles. The SMILES string of the molecule is Cc1ccc(C(C)C)c(OCCNC(C2CC2)C2CC2)c1. The Hall–Kier alpha value is -1.02. The lowest BCUT2D eigenvalue weighted by molar-refractivity contribution is 0.290. The standard InChI is InChI=1S/C19H29NO/c1-13(2)17-9-4-14(3)12-18(17)21-11-10-20-19(15-5-6-15)16-7-8-16/h4,9,12-13,15-16,19-20H,5-8,10-11H2,1-3H3. The van der Waals surface area contributed by atoms with Gasteiger partial charge in [0.1, 0.15) is 12.4 Å². The molecule has 0 saturated heterocycles. The second-order valence-corrected chi connectivity index (χ2v) is 7.20. The van der Waals surface area contributed by atoms with Crippen LogP contribution in [0.25, 0.3) is 0 Å². The Bertz CT molecular complexity index is 462. The minimum Gasteiger partial charge on any atom is -0.492 e. The fraction of sp³-hybridized carbons (Fsp3) is 0.684. The van der Waals surface area contributed by atoms with Gasteiger partial charge in [-0.1, -0.05) is 26.0 Å². The number of aryl methyl sites for hydroxylation is 1. The highest BCUT2D eigenvalue weighted by Gasteiger charge is 2.40. The molecule has 0 spiro atoms. The Kier molecular flexibility index (Phi) is 4.54. The quantitative estimate of drug-likeness (QED) is 0.721. The average Bonchev–Trinajstić information content (AvgIpc) is 3.32. The van der Waals surface area contributed by atoms with Crippen molar-refractivity contribution < 1.29 is 4.74 Å². The monoisotopic (exact) mass is 287 g/mol. The molecule has 1 N–H and O–H groups in total. The van der Waals surface area contributed by atoms with E-state index in [1.54, 1.807) is 0 Å². The first-order chi connectivity index (χ1) is 10.1. The van der Waals surface area contributed by atoms with Gasteiger partial charge in [0.25, 0.3) is 0 Å². The third kappa shape index (κ3) is 4.00. The highest BCUT2D eigenvalue weighted by atomic mass is 16.5. The van der Waals surface area contributed by atoms with E-state index < -0.39 is 0 Å². The Morgan fingerprint density at radius 1 is 1.14 bits per heavy atom. The van der Waals surface area contributed by atoms with E-state index in [0.717, 1.165) is 36.8 Å². The topological polar surface area (TPSA) is 21.3 Å². The molecular weight excluding hydrogens is 258 g/mol. The lowest BCUT2D eigenvalue weighted by Gasteiger charge is -2.19. The maximum Gasteiger partial charge on any atom is 0.123 e. The van der Waals surface area contributed by atoms with Crippen molar-refractivity contribution in [1.29, 1.82) is 0 Å². The molecule has 2 aliphatic carbocycles. The van der Waals surface area contributed by atoms with E-state index in [9.17, 15) is 0 Å². The first-order valence-corrected chi connectivity index (χ1v) is 8.62. The number of rotatable bonds is 8. The summed E-state index contributed by atoms with van der Waals surface area (Å²) in [5.74, 6) is 3.51. The summed E-state index contributed by atoms with van der Waals surface area (Å²) in [6.07, 6.45) is 5.74. The van der Waals surface area contributed by atoms with Crippen molar-refractivity contribution in [2.45, 2.75) is 58.4 Å². The Morgan fingerprint density at radius 3 is 2.38 bits per heavy atom. The van der Waals surface area contributed by atoms with E-state index in [2.05, 4.69) is 44.3 Å². The van der Waals surface area contributed by atoms with Crippen molar-refractivity contribution in [2.75, 3.05) is 13.2 Å².